The van der Waals surface area contributed by atoms with Gasteiger partial charge in [-0.3, -0.25) is 0 Å². The largest absolute Gasteiger partial charge is 0.155 e. The van der Waals surface area contributed by atoms with Gasteiger partial charge in [0, 0.05) is 10.5 Å². The molecule has 6 rings (SSSR count). The van der Waals surface area contributed by atoms with Gasteiger partial charge in [0.15, 0.2) is 0 Å². The Morgan fingerprint density at radius 1 is 0.758 bits per heavy atom. The third-order valence-electron chi connectivity index (χ3n) is 12.1. The first-order valence-electron chi connectivity index (χ1n) is 14.6. The Morgan fingerprint density at radius 3 is 2.27 bits per heavy atom. The first-order chi connectivity index (χ1) is 15.9. The van der Waals surface area contributed by atoms with E-state index in [0.29, 0.717) is 0 Å². The highest BCUT2D eigenvalue weighted by molar-refractivity contribution is 8.01. The van der Waals surface area contributed by atoms with E-state index in [2.05, 4.69) is 76.0 Å². The summed E-state index contributed by atoms with van der Waals surface area (Å²) in [6.45, 7) is 13.8. The maximum atomic E-state index is 2.89. The Labute approximate surface area is 209 Å². The molecule has 1 heterocycles. The molecular formula is C31H48SSi. The van der Waals surface area contributed by atoms with Crippen molar-refractivity contribution in [1.82, 2.24) is 0 Å². The molecule has 0 nitrogen and oxygen atoms in total. The molecule has 0 bridgehead atoms. The maximum absolute atomic E-state index is 2.89. The number of hydrogen-bond acceptors (Lipinski definition) is 1. The fourth-order valence-electron chi connectivity index (χ4n) is 11.1. The Balaban J connectivity index is 1.30. The summed E-state index contributed by atoms with van der Waals surface area (Å²) in [7, 11) is -1.41. The number of rotatable bonds is 3. The van der Waals surface area contributed by atoms with Crippen LogP contribution in [0.25, 0.3) is 0 Å². The molecule has 0 spiro atoms. The molecule has 0 amide bonds. The zero-order valence-electron chi connectivity index (χ0n) is 21.9. The van der Waals surface area contributed by atoms with E-state index in [1.807, 2.05) is 0 Å². The van der Waals surface area contributed by atoms with Gasteiger partial charge in [-0.2, -0.15) is 11.8 Å². The Hall–Kier alpha value is -0.213. The van der Waals surface area contributed by atoms with Gasteiger partial charge in [-0.15, -0.1) is 0 Å². The van der Waals surface area contributed by atoms with Crippen LogP contribution in [0.2, 0.25) is 24.2 Å². The van der Waals surface area contributed by atoms with E-state index in [-0.39, 0.29) is 0 Å². The van der Waals surface area contributed by atoms with Crippen molar-refractivity contribution in [2.45, 2.75) is 113 Å². The third-order valence-corrected chi connectivity index (χ3v) is 19.5. The molecule has 1 aliphatic heterocycles. The monoisotopic (exact) mass is 480 g/mol. The van der Waals surface area contributed by atoms with Crippen molar-refractivity contribution in [1.29, 1.82) is 0 Å². The van der Waals surface area contributed by atoms with Gasteiger partial charge in [-0.1, -0.05) is 89.9 Å². The predicted octanol–water partition coefficient (Wildman–Crippen LogP) is 9.25. The number of hydrogen-bond donors (Lipinski definition) is 0. The average molecular weight is 481 g/mol. The van der Waals surface area contributed by atoms with E-state index >= 15 is 0 Å². The van der Waals surface area contributed by atoms with Crippen LogP contribution in [0.3, 0.4) is 0 Å². The SMILES string of the molecule is CC1CC2C(c3ccccc3)CCCC2C1[Si](C)(C)C1C(C)C(C)C2C3CCCCC3SC21. The minimum Gasteiger partial charge on any atom is -0.155 e. The van der Waals surface area contributed by atoms with Crippen molar-refractivity contribution < 1.29 is 0 Å². The molecule has 12 unspecified atom stereocenters. The van der Waals surface area contributed by atoms with Gasteiger partial charge in [0.05, 0.1) is 8.07 Å². The lowest BCUT2D eigenvalue weighted by Gasteiger charge is -2.47. The van der Waals surface area contributed by atoms with Gasteiger partial charge in [0.1, 0.15) is 0 Å². The maximum Gasteiger partial charge on any atom is 0.0555 e. The van der Waals surface area contributed by atoms with Gasteiger partial charge in [-0.05, 0) is 89.7 Å². The molecule has 1 aromatic rings. The van der Waals surface area contributed by atoms with Crippen LogP contribution in [0.15, 0.2) is 30.3 Å². The lowest BCUT2D eigenvalue weighted by molar-refractivity contribution is 0.221. The lowest BCUT2D eigenvalue weighted by atomic mass is 9.71. The van der Waals surface area contributed by atoms with Gasteiger partial charge < -0.3 is 0 Å². The number of fused-ring (bicyclic) bond motifs is 4. The Morgan fingerprint density at radius 2 is 1.48 bits per heavy atom. The van der Waals surface area contributed by atoms with Crippen LogP contribution in [0.5, 0.6) is 0 Å². The molecule has 33 heavy (non-hydrogen) atoms. The average Bonchev–Trinajstić information content (AvgIpc) is 3.43. The van der Waals surface area contributed by atoms with Crippen molar-refractivity contribution in [2.24, 2.45) is 41.4 Å². The van der Waals surface area contributed by atoms with Crippen LogP contribution >= 0.6 is 11.8 Å². The van der Waals surface area contributed by atoms with Gasteiger partial charge in [0.25, 0.3) is 0 Å². The molecule has 1 aromatic carbocycles. The van der Waals surface area contributed by atoms with Gasteiger partial charge in [-0.25, -0.2) is 0 Å². The highest BCUT2D eigenvalue weighted by atomic mass is 32.2. The number of thioether (sulfide) groups is 1. The molecule has 5 aliphatic rings. The molecule has 1 saturated heterocycles. The minimum absolute atomic E-state index is 0.832. The second-order valence-electron chi connectivity index (χ2n) is 13.7. The molecule has 4 saturated carbocycles. The van der Waals surface area contributed by atoms with Crippen LogP contribution in [0.4, 0.5) is 0 Å². The van der Waals surface area contributed by atoms with Gasteiger partial charge >= 0.3 is 0 Å². The summed E-state index contributed by atoms with van der Waals surface area (Å²) in [5.41, 5.74) is 3.75. The Kier molecular flexibility index (Phi) is 6.13. The zero-order valence-corrected chi connectivity index (χ0v) is 23.7. The van der Waals surface area contributed by atoms with E-state index in [4.69, 9.17) is 0 Å². The van der Waals surface area contributed by atoms with E-state index in [1.54, 1.807) is 12.0 Å². The van der Waals surface area contributed by atoms with E-state index < -0.39 is 8.07 Å². The standard InChI is InChI=1S/C31H48SSi/c1-19-18-26-23(22-12-7-6-8-13-22)15-11-16-24(26)30(19)33(4,5)31-21(3)20(2)28-25-14-9-10-17-27(25)32-29(28)31/h6-8,12-13,19-21,23-31H,9-11,14-18H2,1-5H3. The first-order valence-corrected chi connectivity index (χ1v) is 18.7. The van der Waals surface area contributed by atoms with Crippen molar-refractivity contribution >= 4 is 19.8 Å². The summed E-state index contributed by atoms with van der Waals surface area (Å²) in [6.07, 6.45) is 12.0. The van der Waals surface area contributed by atoms with E-state index in [9.17, 15) is 0 Å². The van der Waals surface area contributed by atoms with Gasteiger partial charge in [0.2, 0.25) is 0 Å². The Bertz CT molecular complexity index is 835. The smallest absolute Gasteiger partial charge is 0.0555 e. The van der Waals surface area contributed by atoms with E-state index in [0.717, 1.165) is 68.9 Å². The molecule has 0 aromatic heterocycles. The summed E-state index contributed by atoms with van der Waals surface area (Å²) >= 11 is 2.53. The zero-order chi connectivity index (χ0) is 22.9. The number of benzene rings is 1. The van der Waals surface area contributed by atoms with Crippen molar-refractivity contribution in [3.05, 3.63) is 35.9 Å². The van der Waals surface area contributed by atoms with Crippen molar-refractivity contribution in [2.75, 3.05) is 0 Å². The summed E-state index contributed by atoms with van der Waals surface area (Å²) < 4.78 is 0. The molecule has 5 fully saturated rings. The molecule has 0 N–H and O–H groups in total. The summed E-state index contributed by atoms with van der Waals surface area (Å²) in [5.74, 6) is 7.77. The van der Waals surface area contributed by atoms with E-state index in [1.165, 1.54) is 44.9 Å². The van der Waals surface area contributed by atoms with Crippen LogP contribution < -0.4 is 0 Å². The van der Waals surface area contributed by atoms with Crippen molar-refractivity contribution in [3.63, 3.8) is 0 Å². The van der Waals surface area contributed by atoms with Crippen LogP contribution in [-0.2, 0) is 0 Å². The summed E-state index contributed by atoms with van der Waals surface area (Å²) in [4.78, 5) is 0. The summed E-state index contributed by atoms with van der Waals surface area (Å²) in [5, 5.41) is 2.02. The van der Waals surface area contributed by atoms with Crippen molar-refractivity contribution in [3.8, 4) is 0 Å². The molecule has 0 radical (unpaired) electrons. The fraction of sp³-hybridized carbons (Fsp3) is 0.806. The molecule has 182 valence electrons. The first kappa shape index (κ1) is 23.2. The highest BCUT2D eigenvalue weighted by Crippen LogP contribution is 2.69. The quantitative estimate of drug-likeness (QED) is 0.388. The fourth-order valence-corrected chi connectivity index (χ4v) is 20.9. The predicted molar refractivity (Wildman–Crippen MR) is 148 cm³/mol. The molecular weight excluding hydrogens is 432 g/mol. The normalized spacial score (nSPS) is 49.5. The second-order valence-corrected chi connectivity index (χ2v) is 20.1. The van der Waals surface area contributed by atoms with Crippen LogP contribution in [-0.4, -0.2) is 18.6 Å². The minimum atomic E-state index is -1.41. The third kappa shape index (κ3) is 3.58. The highest BCUT2D eigenvalue weighted by Gasteiger charge is 2.63. The lowest BCUT2D eigenvalue weighted by Crippen LogP contribution is -2.47. The molecule has 4 aliphatic carbocycles. The topological polar surface area (TPSA) is 0 Å². The van der Waals surface area contributed by atoms with Crippen LogP contribution in [0.1, 0.15) is 83.6 Å². The van der Waals surface area contributed by atoms with Crippen LogP contribution in [0, 0.1) is 41.4 Å². The summed E-state index contributed by atoms with van der Waals surface area (Å²) in [6, 6.07) is 11.7. The second kappa shape index (κ2) is 8.72. The molecule has 12 atom stereocenters. The molecule has 2 heteroatoms.